The van der Waals surface area contributed by atoms with E-state index in [1.165, 1.54) is 0 Å². The molecule has 0 saturated heterocycles. The number of halogens is 2. The van der Waals surface area contributed by atoms with Crippen molar-refractivity contribution in [2.24, 2.45) is 5.92 Å². The lowest BCUT2D eigenvalue weighted by molar-refractivity contribution is 0.0930. The van der Waals surface area contributed by atoms with Crippen molar-refractivity contribution in [2.45, 2.75) is 26.3 Å². The van der Waals surface area contributed by atoms with E-state index in [-0.39, 0.29) is 11.9 Å². The van der Waals surface area contributed by atoms with Crippen LogP contribution in [0.5, 0.6) is 0 Å². The third kappa shape index (κ3) is 4.14. The van der Waals surface area contributed by atoms with Crippen LogP contribution in [0, 0.1) is 5.92 Å². The normalized spacial score (nSPS) is 12.5. The average Bonchev–Trinajstić information content (AvgIpc) is 2.97. The van der Waals surface area contributed by atoms with Crippen LogP contribution >= 0.6 is 23.2 Å². The maximum absolute atomic E-state index is 12.7. The van der Waals surface area contributed by atoms with Crippen LogP contribution in [0.2, 0.25) is 10.0 Å². The highest BCUT2D eigenvalue weighted by molar-refractivity contribution is 6.36. The predicted octanol–water partition coefficient (Wildman–Crippen LogP) is 5.39. The van der Waals surface area contributed by atoms with Gasteiger partial charge in [-0.3, -0.25) is 4.79 Å². The van der Waals surface area contributed by atoms with Gasteiger partial charge in [-0.1, -0.05) is 49.2 Å². The number of nitrogens with zero attached hydrogens (tertiary/aromatic N) is 1. The van der Waals surface area contributed by atoms with Gasteiger partial charge in [-0.15, -0.1) is 0 Å². The van der Waals surface area contributed by atoms with Crippen LogP contribution in [-0.4, -0.2) is 15.9 Å². The molecule has 1 amide bonds. The summed E-state index contributed by atoms with van der Waals surface area (Å²) in [6.07, 6.45) is 0.761. The summed E-state index contributed by atoms with van der Waals surface area (Å²) < 4.78 is 0. The van der Waals surface area contributed by atoms with E-state index in [1.807, 2.05) is 24.3 Å². The maximum Gasteiger partial charge on any atom is 0.253 e. The second kappa shape index (κ2) is 7.46. The van der Waals surface area contributed by atoms with Crippen molar-refractivity contribution in [1.29, 1.82) is 0 Å². The molecule has 1 aromatic heterocycles. The number of benzene rings is 2. The number of para-hydroxylation sites is 2. The lowest BCUT2D eigenvalue weighted by Crippen LogP contribution is -2.30. The van der Waals surface area contributed by atoms with Crippen LogP contribution in [0.15, 0.2) is 42.5 Å². The Morgan fingerprint density at radius 2 is 1.96 bits per heavy atom. The van der Waals surface area contributed by atoms with Crippen molar-refractivity contribution in [3.05, 3.63) is 63.9 Å². The monoisotopic (exact) mass is 375 g/mol. The van der Waals surface area contributed by atoms with E-state index in [0.29, 0.717) is 21.5 Å². The van der Waals surface area contributed by atoms with Crippen molar-refractivity contribution < 1.29 is 4.79 Å². The minimum Gasteiger partial charge on any atom is -0.342 e. The zero-order chi connectivity index (χ0) is 18.0. The number of nitrogens with one attached hydrogen (secondary N) is 2. The van der Waals surface area contributed by atoms with Gasteiger partial charge in [0.15, 0.2) is 0 Å². The summed E-state index contributed by atoms with van der Waals surface area (Å²) in [5.41, 5.74) is 2.23. The molecule has 0 saturated carbocycles. The molecule has 1 heterocycles. The van der Waals surface area contributed by atoms with Gasteiger partial charge in [-0.25, -0.2) is 4.98 Å². The van der Waals surface area contributed by atoms with E-state index in [2.05, 4.69) is 29.1 Å². The van der Waals surface area contributed by atoms with Crippen LogP contribution in [0.4, 0.5) is 0 Å². The van der Waals surface area contributed by atoms with E-state index in [1.54, 1.807) is 18.2 Å². The SMILES string of the molecule is CC(C)CC(NC(=O)c1ccc(Cl)cc1Cl)c1nc2ccccc2[nH]1. The third-order valence-corrected chi connectivity index (χ3v) is 4.47. The zero-order valence-electron chi connectivity index (χ0n) is 14.0. The number of hydrogen-bond donors (Lipinski definition) is 2. The smallest absolute Gasteiger partial charge is 0.253 e. The molecule has 0 aliphatic carbocycles. The third-order valence-electron chi connectivity index (χ3n) is 3.93. The molecule has 0 radical (unpaired) electrons. The minimum atomic E-state index is -0.243. The number of carbonyl (C=O) groups excluding carboxylic acids is 1. The number of amides is 1. The van der Waals surface area contributed by atoms with Crippen LogP contribution in [0.3, 0.4) is 0 Å². The summed E-state index contributed by atoms with van der Waals surface area (Å²) in [4.78, 5) is 20.6. The summed E-state index contributed by atoms with van der Waals surface area (Å²) in [6, 6.07) is 12.4. The fourth-order valence-corrected chi connectivity index (χ4v) is 3.25. The Hall–Kier alpha value is -2.04. The van der Waals surface area contributed by atoms with E-state index in [9.17, 15) is 4.79 Å². The molecular weight excluding hydrogens is 357 g/mol. The fraction of sp³-hybridized carbons (Fsp3) is 0.263. The Morgan fingerprint density at radius 1 is 1.20 bits per heavy atom. The summed E-state index contributed by atoms with van der Waals surface area (Å²) in [5.74, 6) is 0.889. The Kier molecular flexibility index (Phi) is 5.30. The molecule has 1 unspecified atom stereocenters. The molecule has 3 aromatic rings. The lowest BCUT2D eigenvalue weighted by atomic mass is 10.0. The highest BCUT2D eigenvalue weighted by Gasteiger charge is 2.21. The first-order chi connectivity index (χ1) is 11.9. The molecule has 0 fully saturated rings. The molecule has 0 aliphatic rings. The first-order valence-corrected chi connectivity index (χ1v) is 8.90. The molecule has 25 heavy (non-hydrogen) atoms. The molecule has 4 nitrogen and oxygen atoms in total. The summed E-state index contributed by atoms with van der Waals surface area (Å²) >= 11 is 12.1. The van der Waals surface area contributed by atoms with Crippen molar-refractivity contribution in [3.63, 3.8) is 0 Å². The Bertz CT molecular complexity index is 872. The summed E-state index contributed by atoms with van der Waals surface area (Å²) in [6.45, 7) is 4.22. The van der Waals surface area contributed by atoms with Gasteiger partial charge in [0.25, 0.3) is 5.91 Å². The topological polar surface area (TPSA) is 57.8 Å². The van der Waals surface area contributed by atoms with Gasteiger partial charge < -0.3 is 10.3 Å². The Morgan fingerprint density at radius 3 is 2.64 bits per heavy atom. The van der Waals surface area contributed by atoms with Gasteiger partial charge in [-0.2, -0.15) is 0 Å². The maximum atomic E-state index is 12.7. The number of imidazole rings is 1. The number of hydrogen-bond acceptors (Lipinski definition) is 2. The molecule has 0 aliphatic heterocycles. The molecule has 6 heteroatoms. The van der Waals surface area contributed by atoms with Gasteiger partial charge in [0.05, 0.1) is 27.7 Å². The molecule has 3 rings (SSSR count). The summed E-state index contributed by atoms with van der Waals surface area (Å²) in [5, 5.41) is 3.87. The lowest BCUT2D eigenvalue weighted by Gasteiger charge is -2.19. The number of aromatic amines is 1. The van der Waals surface area contributed by atoms with Gasteiger partial charge in [0, 0.05) is 5.02 Å². The van der Waals surface area contributed by atoms with E-state index in [0.717, 1.165) is 23.3 Å². The van der Waals surface area contributed by atoms with Crippen LogP contribution in [-0.2, 0) is 0 Å². The minimum absolute atomic E-state index is 0.230. The Balaban J connectivity index is 1.89. The molecular formula is C19H19Cl2N3O. The second-order valence-corrected chi connectivity index (χ2v) is 7.26. The van der Waals surface area contributed by atoms with E-state index < -0.39 is 0 Å². The molecule has 0 spiro atoms. The number of carbonyl (C=O) groups is 1. The van der Waals surface area contributed by atoms with Gasteiger partial charge in [0.2, 0.25) is 0 Å². The van der Waals surface area contributed by atoms with Gasteiger partial charge in [-0.05, 0) is 42.7 Å². The van der Waals surface area contributed by atoms with Crippen LogP contribution in [0.1, 0.15) is 42.5 Å². The molecule has 1 atom stereocenters. The van der Waals surface area contributed by atoms with Crippen molar-refractivity contribution in [1.82, 2.24) is 15.3 Å². The number of H-pyrrole nitrogens is 1. The van der Waals surface area contributed by atoms with Gasteiger partial charge >= 0.3 is 0 Å². The molecule has 2 aromatic carbocycles. The predicted molar refractivity (Wildman–Crippen MR) is 102 cm³/mol. The molecule has 130 valence electrons. The highest BCUT2D eigenvalue weighted by atomic mass is 35.5. The Labute approximate surface area is 156 Å². The first-order valence-electron chi connectivity index (χ1n) is 8.14. The molecule has 2 N–H and O–H groups in total. The second-order valence-electron chi connectivity index (χ2n) is 6.42. The zero-order valence-corrected chi connectivity index (χ0v) is 15.5. The van der Waals surface area contributed by atoms with Gasteiger partial charge in [0.1, 0.15) is 5.82 Å². The quantitative estimate of drug-likeness (QED) is 0.628. The number of rotatable bonds is 5. The highest BCUT2D eigenvalue weighted by Crippen LogP contribution is 2.25. The standard InChI is InChI=1S/C19H19Cl2N3O/c1-11(2)9-17(18-22-15-5-3-4-6-16(15)23-18)24-19(25)13-8-7-12(20)10-14(13)21/h3-8,10-11,17H,9H2,1-2H3,(H,22,23)(H,24,25). The first kappa shape index (κ1) is 17.8. The number of aromatic nitrogens is 2. The van der Waals surface area contributed by atoms with Crippen LogP contribution < -0.4 is 5.32 Å². The largest absolute Gasteiger partial charge is 0.342 e. The number of fused-ring (bicyclic) bond motifs is 1. The van der Waals surface area contributed by atoms with Crippen molar-refractivity contribution >= 4 is 40.1 Å². The van der Waals surface area contributed by atoms with E-state index >= 15 is 0 Å². The van der Waals surface area contributed by atoms with E-state index in [4.69, 9.17) is 23.2 Å². The fourth-order valence-electron chi connectivity index (χ4n) is 2.76. The van der Waals surface area contributed by atoms with Crippen LogP contribution in [0.25, 0.3) is 11.0 Å². The molecule has 0 bridgehead atoms. The average molecular weight is 376 g/mol. The van der Waals surface area contributed by atoms with Crippen molar-refractivity contribution in [3.8, 4) is 0 Å². The van der Waals surface area contributed by atoms with Crippen molar-refractivity contribution in [2.75, 3.05) is 0 Å². The summed E-state index contributed by atoms with van der Waals surface area (Å²) in [7, 11) is 0.